The van der Waals surface area contributed by atoms with Crippen LogP contribution in [0.1, 0.15) is 15.9 Å². The highest BCUT2D eigenvalue weighted by atomic mass is 19.1. The van der Waals surface area contributed by atoms with Gasteiger partial charge in [-0.1, -0.05) is 30.3 Å². The first-order valence-corrected chi connectivity index (χ1v) is 6.24. The normalized spacial score (nSPS) is 17.4. The highest BCUT2D eigenvalue weighted by molar-refractivity contribution is 5.98. The number of fused-ring (bicyclic) bond motifs is 1. The minimum Gasteiger partial charge on any atom is -0.493 e. The van der Waals surface area contributed by atoms with Crippen LogP contribution in [0.4, 0.5) is 4.39 Å². The van der Waals surface area contributed by atoms with E-state index in [9.17, 15) is 9.18 Å². The molecule has 2 nitrogen and oxygen atoms in total. The lowest BCUT2D eigenvalue weighted by Gasteiger charge is -2.24. The molecule has 0 aliphatic carbocycles. The number of ketones is 1. The van der Waals surface area contributed by atoms with Crippen LogP contribution in [-0.4, -0.2) is 12.4 Å². The Hall–Kier alpha value is -2.16. The third-order valence-corrected chi connectivity index (χ3v) is 3.36. The summed E-state index contributed by atoms with van der Waals surface area (Å²) in [5, 5.41) is 0. The van der Waals surface area contributed by atoms with Gasteiger partial charge in [-0.2, -0.15) is 0 Å². The molecule has 0 aromatic heterocycles. The first-order chi connectivity index (χ1) is 9.24. The Morgan fingerprint density at radius 2 is 2.00 bits per heavy atom. The number of para-hydroxylation sites is 1. The van der Waals surface area contributed by atoms with Gasteiger partial charge in [-0.05, 0) is 30.2 Å². The summed E-state index contributed by atoms with van der Waals surface area (Å²) in [6, 6.07) is 13.5. The molecular weight excluding hydrogens is 243 g/mol. The summed E-state index contributed by atoms with van der Waals surface area (Å²) in [5.41, 5.74) is 1.44. The van der Waals surface area contributed by atoms with Gasteiger partial charge in [-0.25, -0.2) is 4.39 Å². The number of hydrogen-bond donors (Lipinski definition) is 0. The van der Waals surface area contributed by atoms with Crippen LogP contribution in [0.3, 0.4) is 0 Å². The van der Waals surface area contributed by atoms with Crippen LogP contribution in [0.5, 0.6) is 5.75 Å². The molecule has 3 heteroatoms. The Morgan fingerprint density at radius 1 is 1.16 bits per heavy atom. The van der Waals surface area contributed by atoms with Gasteiger partial charge in [0.05, 0.1) is 12.5 Å². The fourth-order valence-electron chi connectivity index (χ4n) is 2.37. The minimum absolute atomic E-state index is 0.0611. The third kappa shape index (κ3) is 2.36. The molecule has 3 rings (SSSR count). The first kappa shape index (κ1) is 11.9. The summed E-state index contributed by atoms with van der Waals surface area (Å²) in [5.74, 6) is 0.152. The zero-order valence-corrected chi connectivity index (χ0v) is 10.3. The summed E-state index contributed by atoms with van der Waals surface area (Å²) in [7, 11) is 0. The Kier molecular flexibility index (Phi) is 3.03. The molecule has 0 spiro atoms. The second-order valence-electron chi connectivity index (χ2n) is 4.69. The molecule has 0 radical (unpaired) electrons. The van der Waals surface area contributed by atoms with Gasteiger partial charge in [0, 0.05) is 5.56 Å². The molecule has 2 aromatic carbocycles. The molecule has 0 bridgehead atoms. The lowest BCUT2D eigenvalue weighted by molar-refractivity contribution is 0.0854. The zero-order chi connectivity index (χ0) is 13.2. The molecular formula is C16H13FO2. The van der Waals surface area contributed by atoms with E-state index in [0.717, 1.165) is 11.3 Å². The summed E-state index contributed by atoms with van der Waals surface area (Å²) in [6.07, 6.45) is 0.644. The van der Waals surface area contributed by atoms with Crippen molar-refractivity contribution in [3.05, 3.63) is 65.5 Å². The third-order valence-electron chi connectivity index (χ3n) is 3.36. The van der Waals surface area contributed by atoms with E-state index in [1.807, 2.05) is 24.3 Å². The van der Waals surface area contributed by atoms with E-state index in [1.54, 1.807) is 12.1 Å². The van der Waals surface area contributed by atoms with Gasteiger partial charge in [0.15, 0.2) is 5.78 Å². The molecule has 0 fully saturated rings. The zero-order valence-electron chi connectivity index (χ0n) is 10.3. The minimum atomic E-state index is -0.386. The van der Waals surface area contributed by atoms with E-state index in [2.05, 4.69) is 0 Å². The van der Waals surface area contributed by atoms with Gasteiger partial charge >= 0.3 is 0 Å². The van der Waals surface area contributed by atoms with Crippen LogP contribution >= 0.6 is 0 Å². The number of halogens is 1. The van der Waals surface area contributed by atoms with Crippen LogP contribution in [0.25, 0.3) is 0 Å². The van der Waals surface area contributed by atoms with E-state index in [-0.39, 0.29) is 17.5 Å². The largest absolute Gasteiger partial charge is 0.493 e. The fraction of sp³-hybridized carbons (Fsp3) is 0.188. The lowest BCUT2D eigenvalue weighted by Crippen LogP contribution is -2.28. The van der Waals surface area contributed by atoms with E-state index in [1.165, 1.54) is 12.1 Å². The Bertz CT molecular complexity index is 622. The van der Waals surface area contributed by atoms with Crippen LogP contribution in [0.15, 0.2) is 48.5 Å². The van der Waals surface area contributed by atoms with Crippen molar-refractivity contribution in [2.75, 3.05) is 6.61 Å². The number of rotatable bonds is 2. The maximum Gasteiger partial charge on any atom is 0.169 e. The number of benzene rings is 2. The Labute approximate surface area is 110 Å². The molecule has 0 N–H and O–H groups in total. The first-order valence-electron chi connectivity index (χ1n) is 6.24. The van der Waals surface area contributed by atoms with Gasteiger partial charge in [-0.15, -0.1) is 0 Å². The summed E-state index contributed by atoms with van der Waals surface area (Å²) >= 11 is 0. The highest BCUT2D eigenvalue weighted by Crippen LogP contribution is 2.28. The van der Waals surface area contributed by atoms with Crippen LogP contribution < -0.4 is 4.74 Å². The van der Waals surface area contributed by atoms with E-state index in [4.69, 9.17) is 4.74 Å². The second kappa shape index (κ2) is 4.84. The van der Waals surface area contributed by atoms with E-state index < -0.39 is 0 Å². The van der Waals surface area contributed by atoms with Crippen LogP contribution in [0.2, 0.25) is 0 Å². The fourth-order valence-corrected chi connectivity index (χ4v) is 2.37. The van der Waals surface area contributed by atoms with Crippen molar-refractivity contribution < 1.29 is 13.9 Å². The molecule has 19 heavy (non-hydrogen) atoms. The van der Waals surface area contributed by atoms with Crippen LogP contribution in [-0.2, 0) is 6.42 Å². The molecule has 1 atom stereocenters. The van der Waals surface area contributed by atoms with Gasteiger partial charge in [0.1, 0.15) is 11.6 Å². The summed E-state index contributed by atoms with van der Waals surface area (Å²) in [4.78, 5) is 12.3. The molecule has 1 aliphatic heterocycles. The Morgan fingerprint density at radius 3 is 2.84 bits per heavy atom. The van der Waals surface area contributed by atoms with Crippen molar-refractivity contribution in [1.82, 2.24) is 0 Å². The number of hydrogen-bond acceptors (Lipinski definition) is 2. The second-order valence-corrected chi connectivity index (χ2v) is 4.69. The van der Waals surface area contributed by atoms with Gasteiger partial charge < -0.3 is 4.74 Å². The molecule has 2 aromatic rings. The smallest absolute Gasteiger partial charge is 0.169 e. The average molecular weight is 256 g/mol. The van der Waals surface area contributed by atoms with E-state index in [0.29, 0.717) is 18.6 Å². The SMILES string of the molecule is O=C(c1cccc(F)c1)C1COc2ccccc2C1. The lowest BCUT2D eigenvalue weighted by atomic mass is 9.90. The van der Waals surface area contributed by atoms with Gasteiger partial charge in [0.25, 0.3) is 0 Å². The van der Waals surface area contributed by atoms with Crippen molar-refractivity contribution in [2.24, 2.45) is 5.92 Å². The van der Waals surface area contributed by atoms with Crippen LogP contribution in [0, 0.1) is 11.7 Å². The number of ether oxygens (including phenoxy) is 1. The van der Waals surface area contributed by atoms with E-state index >= 15 is 0 Å². The maximum atomic E-state index is 13.2. The van der Waals surface area contributed by atoms with Crippen molar-refractivity contribution in [3.8, 4) is 5.75 Å². The average Bonchev–Trinajstić information content (AvgIpc) is 2.46. The standard InChI is InChI=1S/C16H13FO2/c17-14-6-3-5-12(9-14)16(18)13-8-11-4-1-2-7-15(11)19-10-13/h1-7,9,13H,8,10H2. The highest BCUT2D eigenvalue weighted by Gasteiger charge is 2.26. The Balaban J connectivity index is 1.83. The van der Waals surface area contributed by atoms with Gasteiger partial charge in [0.2, 0.25) is 0 Å². The maximum absolute atomic E-state index is 13.2. The monoisotopic (exact) mass is 256 g/mol. The topological polar surface area (TPSA) is 26.3 Å². The van der Waals surface area contributed by atoms with Gasteiger partial charge in [-0.3, -0.25) is 4.79 Å². The number of Topliss-reactive ketones (excluding diaryl/α,β-unsaturated/α-hetero) is 1. The van der Waals surface area contributed by atoms with Crippen molar-refractivity contribution in [1.29, 1.82) is 0 Å². The molecule has 1 aliphatic rings. The quantitative estimate of drug-likeness (QED) is 0.771. The van der Waals surface area contributed by atoms with Crippen molar-refractivity contribution in [2.45, 2.75) is 6.42 Å². The summed E-state index contributed by atoms with van der Waals surface area (Å²) < 4.78 is 18.7. The molecule has 0 amide bonds. The molecule has 1 heterocycles. The molecule has 0 saturated heterocycles. The molecule has 0 saturated carbocycles. The van der Waals surface area contributed by atoms with Crippen molar-refractivity contribution >= 4 is 5.78 Å². The number of carbonyl (C=O) groups is 1. The predicted octanol–water partition coefficient (Wildman–Crippen LogP) is 3.26. The number of carbonyl (C=O) groups excluding carboxylic acids is 1. The van der Waals surface area contributed by atoms with Crippen molar-refractivity contribution in [3.63, 3.8) is 0 Å². The predicted molar refractivity (Wildman–Crippen MR) is 69.9 cm³/mol. The molecule has 96 valence electrons. The molecule has 1 unspecified atom stereocenters. The summed E-state index contributed by atoms with van der Waals surface area (Å²) in [6.45, 7) is 0.354.